The fourth-order valence-corrected chi connectivity index (χ4v) is 1.19. The maximum absolute atomic E-state index is 4.94. The van der Waals surface area contributed by atoms with Crippen LogP contribution in [0, 0.1) is 0 Å². The average Bonchev–Trinajstić information content (AvgIpc) is 2.03. The lowest BCUT2D eigenvalue weighted by molar-refractivity contribution is 0.192. The molecule has 0 saturated carbocycles. The Morgan fingerprint density at radius 1 is 1.18 bits per heavy atom. The number of methoxy groups -OCH3 is 1. The summed E-state index contributed by atoms with van der Waals surface area (Å²) in [6.45, 7) is 3.20. The maximum atomic E-state index is 4.94. The molecule has 0 heterocycles. The van der Waals surface area contributed by atoms with Crippen LogP contribution < -0.4 is 5.32 Å². The number of nitrogens with one attached hydrogen (secondary N) is 1. The van der Waals surface area contributed by atoms with Crippen LogP contribution in [0.25, 0.3) is 0 Å². The van der Waals surface area contributed by atoms with E-state index in [0.717, 1.165) is 19.7 Å². The van der Waals surface area contributed by atoms with Crippen molar-refractivity contribution in [1.29, 1.82) is 0 Å². The van der Waals surface area contributed by atoms with Gasteiger partial charge in [-0.15, -0.1) is 0 Å². The van der Waals surface area contributed by atoms with Crippen molar-refractivity contribution in [2.75, 3.05) is 31.2 Å². The molecule has 0 fully saturated rings. The normalized spacial score (nSPS) is 10.4. The van der Waals surface area contributed by atoms with Gasteiger partial charge in [0.05, 0.1) is 0 Å². The molecular formula is C8H18INO. The quantitative estimate of drug-likeness (QED) is 0.413. The molecule has 0 saturated heterocycles. The fourth-order valence-electron chi connectivity index (χ4n) is 0.813. The molecular weight excluding hydrogens is 253 g/mol. The second-order valence-corrected chi connectivity index (χ2v) is 3.57. The van der Waals surface area contributed by atoms with Crippen LogP contribution in [0.15, 0.2) is 0 Å². The molecule has 0 radical (unpaired) electrons. The maximum Gasteiger partial charge on any atom is 0.0462 e. The first-order chi connectivity index (χ1) is 5.41. The third-order valence-corrected chi connectivity index (χ3v) is 2.20. The highest BCUT2D eigenvalue weighted by Crippen LogP contribution is 1.88. The van der Waals surface area contributed by atoms with Gasteiger partial charge in [0, 0.05) is 18.1 Å². The Hall–Kier alpha value is 0.650. The third-order valence-electron chi connectivity index (χ3n) is 1.44. The van der Waals surface area contributed by atoms with Gasteiger partial charge in [-0.1, -0.05) is 22.6 Å². The molecule has 0 atom stereocenters. The number of halogens is 1. The van der Waals surface area contributed by atoms with Crippen LogP contribution in [-0.2, 0) is 4.74 Å². The minimum atomic E-state index is 0.897. The van der Waals surface area contributed by atoms with Gasteiger partial charge < -0.3 is 10.1 Å². The smallest absolute Gasteiger partial charge is 0.0462 e. The van der Waals surface area contributed by atoms with Crippen molar-refractivity contribution in [2.45, 2.75) is 19.3 Å². The zero-order valence-corrected chi connectivity index (χ0v) is 9.39. The van der Waals surface area contributed by atoms with E-state index in [-0.39, 0.29) is 0 Å². The van der Waals surface area contributed by atoms with Crippen LogP contribution in [0.4, 0.5) is 0 Å². The number of rotatable bonds is 8. The Labute approximate surface area is 83.2 Å². The average molecular weight is 271 g/mol. The van der Waals surface area contributed by atoms with Crippen LogP contribution in [0.1, 0.15) is 19.3 Å². The minimum absolute atomic E-state index is 0.897. The van der Waals surface area contributed by atoms with E-state index in [4.69, 9.17) is 4.74 Å². The molecule has 0 bridgehead atoms. The lowest BCUT2D eigenvalue weighted by Gasteiger charge is -2.02. The van der Waals surface area contributed by atoms with Gasteiger partial charge in [-0.05, 0) is 32.4 Å². The predicted molar refractivity (Wildman–Crippen MR) is 57.5 cm³/mol. The molecule has 0 rings (SSSR count). The number of alkyl halides is 1. The lowest BCUT2D eigenvalue weighted by atomic mass is 10.3. The van der Waals surface area contributed by atoms with Crippen molar-refractivity contribution in [3.05, 3.63) is 0 Å². The van der Waals surface area contributed by atoms with Crippen LogP contribution in [0.3, 0.4) is 0 Å². The largest absolute Gasteiger partial charge is 0.385 e. The lowest BCUT2D eigenvalue weighted by Crippen LogP contribution is -2.17. The first-order valence-electron chi connectivity index (χ1n) is 4.17. The zero-order chi connectivity index (χ0) is 8.36. The second kappa shape index (κ2) is 10.7. The van der Waals surface area contributed by atoms with E-state index in [1.165, 1.54) is 23.7 Å². The molecule has 0 aliphatic carbocycles. The van der Waals surface area contributed by atoms with E-state index in [9.17, 15) is 0 Å². The summed E-state index contributed by atoms with van der Waals surface area (Å²) in [4.78, 5) is 0. The Kier molecular flexibility index (Phi) is 11.3. The van der Waals surface area contributed by atoms with Crippen molar-refractivity contribution in [1.82, 2.24) is 5.32 Å². The molecule has 0 aliphatic rings. The summed E-state index contributed by atoms with van der Waals surface area (Å²) in [6, 6.07) is 0. The zero-order valence-electron chi connectivity index (χ0n) is 7.24. The SMILES string of the molecule is COCCCCNCCCI. The summed E-state index contributed by atoms with van der Waals surface area (Å²) in [5, 5.41) is 3.38. The van der Waals surface area contributed by atoms with Crippen molar-refractivity contribution in [3.8, 4) is 0 Å². The van der Waals surface area contributed by atoms with E-state index in [1.807, 2.05) is 0 Å². The summed E-state index contributed by atoms with van der Waals surface area (Å²) >= 11 is 2.40. The van der Waals surface area contributed by atoms with Gasteiger partial charge in [0.2, 0.25) is 0 Å². The molecule has 0 amide bonds. The van der Waals surface area contributed by atoms with Crippen LogP contribution >= 0.6 is 22.6 Å². The Morgan fingerprint density at radius 3 is 2.55 bits per heavy atom. The molecule has 11 heavy (non-hydrogen) atoms. The van der Waals surface area contributed by atoms with Crippen LogP contribution in [0.5, 0.6) is 0 Å². The number of hydrogen-bond acceptors (Lipinski definition) is 2. The van der Waals surface area contributed by atoms with Gasteiger partial charge in [-0.3, -0.25) is 0 Å². The van der Waals surface area contributed by atoms with Crippen molar-refractivity contribution < 1.29 is 4.74 Å². The van der Waals surface area contributed by atoms with E-state index in [0.29, 0.717) is 0 Å². The monoisotopic (exact) mass is 271 g/mol. The highest BCUT2D eigenvalue weighted by molar-refractivity contribution is 14.1. The number of unbranched alkanes of at least 4 members (excludes halogenated alkanes) is 1. The fraction of sp³-hybridized carbons (Fsp3) is 1.00. The molecule has 0 aromatic carbocycles. The summed E-state index contributed by atoms with van der Waals surface area (Å²) in [7, 11) is 1.75. The molecule has 0 unspecified atom stereocenters. The minimum Gasteiger partial charge on any atom is -0.385 e. The molecule has 0 aromatic rings. The molecule has 2 nitrogen and oxygen atoms in total. The van der Waals surface area contributed by atoms with E-state index in [1.54, 1.807) is 7.11 Å². The van der Waals surface area contributed by atoms with Gasteiger partial charge in [0.1, 0.15) is 0 Å². The van der Waals surface area contributed by atoms with Gasteiger partial charge in [0.25, 0.3) is 0 Å². The van der Waals surface area contributed by atoms with Crippen molar-refractivity contribution >= 4 is 22.6 Å². The highest BCUT2D eigenvalue weighted by Gasteiger charge is 1.87. The predicted octanol–water partition coefficient (Wildman–Crippen LogP) is 1.83. The molecule has 0 aromatic heterocycles. The molecule has 0 spiro atoms. The van der Waals surface area contributed by atoms with Gasteiger partial charge in [0.15, 0.2) is 0 Å². The third kappa shape index (κ3) is 10.7. The van der Waals surface area contributed by atoms with Gasteiger partial charge in [-0.25, -0.2) is 0 Å². The molecule has 68 valence electrons. The summed E-state index contributed by atoms with van der Waals surface area (Å²) in [5.41, 5.74) is 0. The van der Waals surface area contributed by atoms with Crippen molar-refractivity contribution in [3.63, 3.8) is 0 Å². The van der Waals surface area contributed by atoms with Crippen molar-refractivity contribution in [2.24, 2.45) is 0 Å². The van der Waals surface area contributed by atoms with Gasteiger partial charge in [-0.2, -0.15) is 0 Å². The molecule has 0 aliphatic heterocycles. The van der Waals surface area contributed by atoms with Gasteiger partial charge >= 0.3 is 0 Å². The molecule has 3 heteroatoms. The standard InChI is InChI=1S/C8H18INO/c1-11-8-3-2-6-10-7-4-5-9/h10H,2-8H2,1H3. The van der Waals surface area contributed by atoms with E-state index >= 15 is 0 Å². The Balaban J connectivity index is 2.69. The number of hydrogen-bond donors (Lipinski definition) is 1. The Morgan fingerprint density at radius 2 is 1.91 bits per heavy atom. The second-order valence-electron chi connectivity index (χ2n) is 2.49. The number of ether oxygens (including phenoxy) is 1. The Bertz CT molecular complexity index is 63.1. The first kappa shape index (κ1) is 11.6. The van der Waals surface area contributed by atoms with Crippen LogP contribution in [0.2, 0.25) is 0 Å². The molecule has 1 N–H and O–H groups in total. The summed E-state index contributed by atoms with van der Waals surface area (Å²) in [6.07, 6.45) is 3.69. The van der Waals surface area contributed by atoms with Crippen LogP contribution in [-0.4, -0.2) is 31.2 Å². The van der Waals surface area contributed by atoms with E-state index in [2.05, 4.69) is 27.9 Å². The summed E-state index contributed by atoms with van der Waals surface area (Å²) in [5.74, 6) is 0. The topological polar surface area (TPSA) is 21.3 Å². The summed E-state index contributed by atoms with van der Waals surface area (Å²) < 4.78 is 6.19. The first-order valence-corrected chi connectivity index (χ1v) is 5.70. The highest BCUT2D eigenvalue weighted by atomic mass is 127. The van der Waals surface area contributed by atoms with E-state index < -0.39 is 0 Å².